The zero-order chi connectivity index (χ0) is 25.5. The zero-order valence-electron chi connectivity index (χ0n) is 20.9. The number of furan rings is 1. The van der Waals surface area contributed by atoms with Gasteiger partial charge in [-0.25, -0.2) is 0 Å². The van der Waals surface area contributed by atoms with Crippen LogP contribution in [0, 0.1) is 0 Å². The predicted molar refractivity (Wildman–Crippen MR) is 136 cm³/mol. The summed E-state index contributed by atoms with van der Waals surface area (Å²) in [4.78, 5) is 29.3. The van der Waals surface area contributed by atoms with Crippen LogP contribution in [0.15, 0.2) is 65.3 Å². The van der Waals surface area contributed by atoms with Crippen LogP contribution in [0.3, 0.4) is 0 Å². The van der Waals surface area contributed by atoms with Crippen molar-refractivity contribution in [1.82, 2.24) is 5.32 Å². The fraction of sp³-hybridized carbons (Fsp3) is 0.357. The first-order valence-corrected chi connectivity index (χ1v) is 12.2. The topological polar surface area (TPSA) is 90.2 Å². The molecule has 8 heteroatoms. The van der Waals surface area contributed by atoms with Crippen molar-refractivity contribution in [3.63, 3.8) is 0 Å². The van der Waals surface area contributed by atoms with Gasteiger partial charge in [0.25, 0.3) is 5.91 Å². The molecule has 1 aliphatic carbocycles. The fourth-order valence-electron chi connectivity index (χ4n) is 4.61. The summed E-state index contributed by atoms with van der Waals surface area (Å²) in [5, 5.41) is 3.17. The van der Waals surface area contributed by atoms with E-state index in [4.69, 9.17) is 18.6 Å². The highest BCUT2D eigenvalue weighted by Crippen LogP contribution is 2.39. The molecule has 2 aromatic carbocycles. The number of methoxy groups -OCH3 is 2. The van der Waals surface area contributed by atoms with E-state index in [1.54, 1.807) is 55.6 Å². The SMILES string of the molecule is CCOc1ccccc1N(C(=O)c1ccco1)C(C(=O)NC1CCCC1)c1ccc(OC)c(OC)c1. The highest BCUT2D eigenvalue weighted by atomic mass is 16.5. The Morgan fingerprint density at radius 2 is 1.75 bits per heavy atom. The Balaban J connectivity index is 1.88. The van der Waals surface area contributed by atoms with Crippen molar-refractivity contribution in [2.75, 3.05) is 25.7 Å². The normalized spacial score (nSPS) is 14.2. The Bertz CT molecular complexity index is 1170. The number of nitrogens with zero attached hydrogens (tertiary/aromatic N) is 1. The van der Waals surface area contributed by atoms with Crippen molar-refractivity contribution in [3.8, 4) is 17.2 Å². The fourth-order valence-corrected chi connectivity index (χ4v) is 4.61. The summed E-state index contributed by atoms with van der Waals surface area (Å²) >= 11 is 0. The summed E-state index contributed by atoms with van der Waals surface area (Å²) in [5.41, 5.74) is 1.02. The van der Waals surface area contributed by atoms with Crippen molar-refractivity contribution in [2.45, 2.75) is 44.7 Å². The minimum absolute atomic E-state index is 0.0582. The molecule has 1 unspecified atom stereocenters. The molecule has 0 aliphatic heterocycles. The lowest BCUT2D eigenvalue weighted by molar-refractivity contribution is -0.123. The van der Waals surface area contributed by atoms with E-state index in [-0.39, 0.29) is 17.7 Å². The number of anilines is 1. The van der Waals surface area contributed by atoms with Crippen molar-refractivity contribution in [2.24, 2.45) is 0 Å². The van der Waals surface area contributed by atoms with Gasteiger partial charge in [-0.15, -0.1) is 0 Å². The van der Waals surface area contributed by atoms with Gasteiger partial charge in [0, 0.05) is 6.04 Å². The summed E-state index contributed by atoms with van der Waals surface area (Å²) in [7, 11) is 3.08. The molecule has 1 fully saturated rings. The summed E-state index contributed by atoms with van der Waals surface area (Å²) in [6.07, 6.45) is 5.38. The smallest absolute Gasteiger partial charge is 0.295 e. The lowest BCUT2D eigenvalue weighted by atomic mass is 10.0. The average Bonchev–Trinajstić information content (AvgIpc) is 3.62. The van der Waals surface area contributed by atoms with Gasteiger partial charge >= 0.3 is 0 Å². The van der Waals surface area contributed by atoms with Gasteiger partial charge in [0.1, 0.15) is 11.8 Å². The minimum Gasteiger partial charge on any atom is -0.493 e. The first-order chi connectivity index (χ1) is 17.6. The summed E-state index contributed by atoms with van der Waals surface area (Å²) < 4.78 is 22.3. The Kier molecular flexibility index (Phi) is 8.15. The van der Waals surface area contributed by atoms with Crippen molar-refractivity contribution >= 4 is 17.5 Å². The number of rotatable bonds is 10. The molecule has 190 valence electrons. The van der Waals surface area contributed by atoms with Crippen molar-refractivity contribution < 1.29 is 28.2 Å². The number of nitrogens with one attached hydrogen (secondary N) is 1. The Hall–Kier alpha value is -3.94. The number of carbonyl (C=O) groups excluding carboxylic acids is 2. The highest BCUT2D eigenvalue weighted by molar-refractivity contribution is 6.09. The standard InChI is InChI=1S/C28H32N2O6/c1-4-35-22-13-8-7-12-21(22)30(28(32)24-14-9-17-36-24)26(27(31)29-20-10-5-6-11-20)19-15-16-23(33-2)25(18-19)34-3/h7-9,12-18,20,26H,4-6,10-11H2,1-3H3,(H,29,31). The molecule has 4 rings (SSSR count). The quantitative estimate of drug-likeness (QED) is 0.421. The van der Waals surface area contributed by atoms with Crippen LogP contribution < -0.4 is 24.4 Å². The number of hydrogen-bond donors (Lipinski definition) is 1. The largest absolute Gasteiger partial charge is 0.493 e. The lowest BCUT2D eigenvalue weighted by Gasteiger charge is -2.33. The predicted octanol–water partition coefficient (Wildman–Crippen LogP) is 5.14. The second kappa shape index (κ2) is 11.7. The number of benzene rings is 2. The van der Waals surface area contributed by atoms with Crippen LogP contribution in [0.5, 0.6) is 17.2 Å². The van der Waals surface area contributed by atoms with Gasteiger partial charge in [-0.3, -0.25) is 14.5 Å². The second-order valence-electron chi connectivity index (χ2n) is 8.56. The van der Waals surface area contributed by atoms with E-state index in [2.05, 4.69) is 5.32 Å². The lowest BCUT2D eigenvalue weighted by Crippen LogP contribution is -2.46. The van der Waals surface area contributed by atoms with Crippen molar-refractivity contribution in [1.29, 1.82) is 0 Å². The molecule has 1 heterocycles. The highest BCUT2D eigenvalue weighted by Gasteiger charge is 2.37. The van der Waals surface area contributed by atoms with Gasteiger partial charge < -0.3 is 23.9 Å². The third kappa shape index (κ3) is 5.32. The molecule has 0 radical (unpaired) electrons. The molecule has 1 atom stereocenters. The Morgan fingerprint density at radius 3 is 2.42 bits per heavy atom. The monoisotopic (exact) mass is 492 g/mol. The molecule has 1 N–H and O–H groups in total. The van der Waals surface area contributed by atoms with E-state index < -0.39 is 11.9 Å². The molecule has 1 saturated carbocycles. The van der Waals surface area contributed by atoms with E-state index >= 15 is 0 Å². The minimum atomic E-state index is -1.02. The van der Waals surface area contributed by atoms with Gasteiger partial charge in [-0.2, -0.15) is 0 Å². The van der Waals surface area contributed by atoms with Gasteiger partial charge in [0.15, 0.2) is 17.3 Å². The molecular weight excluding hydrogens is 460 g/mol. The molecule has 0 bridgehead atoms. The number of ether oxygens (including phenoxy) is 3. The zero-order valence-corrected chi connectivity index (χ0v) is 20.9. The third-order valence-corrected chi connectivity index (χ3v) is 6.31. The number of carbonyl (C=O) groups is 2. The van der Waals surface area contributed by atoms with Crippen LogP contribution in [-0.2, 0) is 4.79 Å². The maximum atomic E-state index is 14.0. The van der Waals surface area contributed by atoms with Crippen LogP contribution in [0.25, 0.3) is 0 Å². The third-order valence-electron chi connectivity index (χ3n) is 6.31. The second-order valence-corrected chi connectivity index (χ2v) is 8.56. The molecule has 36 heavy (non-hydrogen) atoms. The van der Waals surface area contributed by atoms with E-state index in [0.717, 1.165) is 25.7 Å². The number of para-hydroxylation sites is 2. The van der Waals surface area contributed by atoms with E-state index in [0.29, 0.717) is 35.1 Å². The first-order valence-electron chi connectivity index (χ1n) is 12.2. The van der Waals surface area contributed by atoms with E-state index in [9.17, 15) is 9.59 Å². The van der Waals surface area contributed by atoms with Crippen LogP contribution in [-0.4, -0.2) is 38.7 Å². The van der Waals surface area contributed by atoms with Crippen LogP contribution in [0.2, 0.25) is 0 Å². The molecule has 0 spiro atoms. The maximum absolute atomic E-state index is 14.0. The Labute approximate surface area is 211 Å². The van der Waals surface area contributed by atoms with Gasteiger partial charge in [0.05, 0.1) is 32.8 Å². The van der Waals surface area contributed by atoms with Crippen LogP contribution in [0.4, 0.5) is 5.69 Å². The van der Waals surface area contributed by atoms with Crippen molar-refractivity contribution in [3.05, 3.63) is 72.2 Å². The molecule has 2 amide bonds. The number of hydrogen-bond acceptors (Lipinski definition) is 6. The summed E-state index contributed by atoms with van der Waals surface area (Å²) in [6.45, 7) is 2.27. The van der Waals surface area contributed by atoms with Gasteiger partial charge in [-0.05, 0) is 61.7 Å². The van der Waals surface area contributed by atoms with Gasteiger partial charge in [-0.1, -0.05) is 31.0 Å². The average molecular weight is 493 g/mol. The van der Waals surface area contributed by atoms with Crippen LogP contribution >= 0.6 is 0 Å². The summed E-state index contributed by atoms with van der Waals surface area (Å²) in [5.74, 6) is 0.820. The first kappa shape index (κ1) is 25.2. The molecule has 8 nitrogen and oxygen atoms in total. The van der Waals surface area contributed by atoms with E-state index in [1.807, 2.05) is 13.0 Å². The molecular formula is C28H32N2O6. The maximum Gasteiger partial charge on any atom is 0.295 e. The number of amides is 2. The van der Waals surface area contributed by atoms with Crippen LogP contribution in [0.1, 0.15) is 54.8 Å². The Morgan fingerprint density at radius 1 is 1.00 bits per heavy atom. The van der Waals surface area contributed by atoms with Gasteiger partial charge in [0.2, 0.25) is 5.91 Å². The summed E-state index contributed by atoms with van der Waals surface area (Å²) in [6, 6.07) is 14.7. The molecule has 0 saturated heterocycles. The molecule has 3 aromatic rings. The van der Waals surface area contributed by atoms with E-state index in [1.165, 1.54) is 18.3 Å². The molecule has 1 aromatic heterocycles. The molecule has 1 aliphatic rings.